The number of amides is 2. The maximum atomic E-state index is 11.8. The van der Waals surface area contributed by atoms with Gasteiger partial charge in [0.25, 0.3) is 0 Å². The van der Waals surface area contributed by atoms with Crippen molar-refractivity contribution in [2.24, 2.45) is 0 Å². The molecule has 2 rings (SSSR count). The summed E-state index contributed by atoms with van der Waals surface area (Å²) in [7, 11) is 0. The van der Waals surface area contributed by atoms with Crippen LogP contribution < -0.4 is 15.4 Å². The summed E-state index contributed by atoms with van der Waals surface area (Å²) < 4.78 is 6.74. The molecule has 152 valence electrons. The molecule has 0 aliphatic carbocycles. The van der Waals surface area contributed by atoms with Gasteiger partial charge < -0.3 is 20.5 Å². The molecule has 5 nitrogen and oxygen atoms in total. The lowest BCUT2D eigenvalue weighted by molar-refractivity contribution is 0.238. The summed E-state index contributed by atoms with van der Waals surface area (Å²) in [4.78, 5) is 11.8. The fraction of sp³-hybridized carbons (Fsp3) is 0.409. The van der Waals surface area contributed by atoms with Crippen LogP contribution in [-0.2, 0) is 18.6 Å². The van der Waals surface area contributed by atoms with Crippen molar-refractivity contribution >= 4 is 22.0 Å². The van der Waals surface area contributed by atoms with Gasteiger partial charge >= 0.3 is 6.03 Å². The Labute approximate surface area is 175 Å². The first-order valence-electron chi connectivity index (χ1n) is 9.43. The van der Waals surface area contributed by atoms with Crippen LogP contribution in [0.4, 0.5) is 4.79 Å². The maximum absolute atomic E-state index is 11.8. The maximum Gasteiger partial charge on any atom is 0.315 e. The molecule has 0 aliphatic rings. The smallest absolute Gasteiger partial charge is 0.315 e. The van der Waals surface area contributed by atoms with Gasteiger partial charge in [0.2, 0.25) is 0 Å². The zero-order valence-corrected chi connectivity index (χ0v) is 18.3. The number of nitrogens with one attached hydrogen (secondary N) is 2. The number of carbonyl (C=O) groups excluding carboxylic acids is 1. The highest BCUT2D eigenvalue weighted by molar-refractivity contribution is 9.10. The first-order chi connectivity index (χ1) is 13.3. The van der Waals surface area contributed by atoms with Gasteiger partial charge in [-0.3, -0.25) is 0 Å². The molecule has 6 heteroatoms. The Bertz CT molecular complexity index is 770. The second kappa shape index (κ2) is 10.5. The van der Waals surface area contributed by atoms with Crippen LogP contribution in [0, 0.1) is 0 Å². The number of hydrogen-bond donors (Lipinski definition) is 3. The van der Waals surface area contributed by atoms with Gasteiger partial charge in [-0.25, -0.2) is 4.79 Å². The van der Waals surface area contributed by atoms with Gasteiger partial charge in [0.1, 0.15) is 5.75 Å². The van der Waals surface area contributed by atoms with Crippen LogP contribution in [0.25, 0.3) is 0 Å². The van der Waals surface area contributed by atoms with E-state index in [0.717, 1.165) is 21.3 Å². The van der Waals surface area contributed by atoms with Crippen molar-refractivity contribution in [3.05, 3.63) is 63.6 Å². The van der Waals surface area contributed by atoms with Gasteiger partial charge in [0, 0.05) is 13.1 Å². The Balaban J connectivity index is 1.65. The molecule has 0 saturated carbocycles. The number of aliphatic hydroxyl groups excluding tert-OH is 1. The van der Waals surface area contributed by atoms with E-state index in [1.165, 1.54) is 5.56 Å². The standard InChI is InChI=1S/C22H29BrN2O3/c1-22(2,3)18-9-10-20(19(23)13-18)28-12-4-11-24-21(27)25-14-16-5-7-17(15-26)8-6-16/h5-10,13,26H,4,11-12,14-15H2,1-3H3,(H2,24,25,27). The van der Waals surface area contributed by atoms with E-state index in [1.807, 2.05) is 30.3 Å². The Morgan fingerprint density at radius 2 is 1.75 bits per heavy atom. The van der Waals surface area contributed by atoms with Gasteiger partial charge in [-0.15, -0.1) is 0 Å². The van der Waals surface area contributed by atoms with Gasteiger partial charge in [-0.2, -0.15) is 0 Å². The number of halogens is 1. The van der Waals surface area contributed by atoms with E-state index >= 15 is 0 Å². The lowest BCUT2D eigenvalue weighted by Gasteiger charge is -2.20. The third-order valence-electron chi connectivity index (χ3n) is 4.32. The van der Waals surface area contributed by atoms with Crippen LogP contribution in [0.5, 0.6) is 5.75 Å². The second-order valence-electron chi connectivity index (χ2n) is 7.68. The van der Waals surface area contributed by atoms with Gasteiger partial charge in [-0.05, 0) is 56.6 Å². The quantitative estimate of drug-likeness (QED) is 0.520. The predicted octanol–water partition coefficient (Wildman–Crippen LogP) is 4.51. The van der Waals surface area contributed by atoms with Crippen molar-refractivity contribution in [3.8, 4) is 5.75 Å². The molecule has 28 heavy (non-hydrogen) atoms. The molecule has 0 fully saturated rings. The Hall–Kier alpha value is -2.05. The van der Waals surface area contributed by atoms with Crippen molar-refractivity contribution in [2.45, 2.75) is 45.8 Å². The number of hydrogen-bond acceptors (Lipinski definition) is 3. The summed E-state index contributed by atoms with van der Waals surface area (Å²) in [6, 6.07) is 13.4. The highest BCUT2D eigenvalue weighted by Gasteiger charge is 2.15. The first kappa shape index (κ1) is 22.2. The fourth-order valence-corrected chi connectivity index (χ4v) is 3.04. The molecule has 0 heterocycles. The van der Waals surface area contributed by atoms with E-state index in [2.05, 4.69) is 59.5 Å². The zero-order chi connectivity index (χ0) is 20.6. The van der Waals surface area contributed by atoms with E-state index < -0.39 is 0 Å². The molecule has 0 aromatic heterocycles. The number of ether oxygens (including phenoxy) is 1. The molecule has 0 saturated heterocycles. The van der Waals surface area contributed by atoms with E-state index in [-0.39, 0.29) is 18.1 Å². The topological polar surface area (TPSA) is 70.6 Å². The highest BCUT2D eigenvalue weighted by Crippen LogP contribution is 2.31. The van der Waals surface area contributed by atoms with Crippen LogP contribution in [-0.4, -0.2) is 24.3 Å². The van der Waals surface area contributed by atoms with Crippen molar-refractivity contribution in [2.75, 3.05) is 13.2 Å². The monoisotopic (exact) mass is 448 g/mol. The second-order valence-corrected chi connectivity index (χ2v) is 8.54. The average Bonchev–Trinajstić information content (AvgIpc) is 2.66. The summed E-state index contributed by atoms with van der Waals surface area (Å²) in [5.74, 6) is 0.809. The summed E-state index contributed by atoms with van der Waals surface area (Å²) in [5.41, 5.74) is 3.18. The molecule has 0 atom stereocenters. The lowest BCUT2D eigenvalue weighted by Crippen LogP contribution is -2.36. The van der Waals surface area contributed by atoms with E-state index in [9.17, 15) is 4.79 Å². The summed E-state index contributed by atoms with van der Waals surface area (Å²) in [5, 5.41) is 14.7. The number of urea groups is 1. The van der Waals surface area contributed by atoms with Gasteiger partial charge in [-0.1, -0.05) is 51.1 Å². The molecule has 0 aliphatic heterocycles. The SMILES string of the molecule is CC(C)(C)c1ccc(OCCCNC(=O)NCc2ccc(CO)cc2)c(Br)c1. The minimum absolute atomic E-state index is 0.0214. The Kier molecular flexibility index (Phi) is 8.33. The summed E-state index contributed by atoms with van der Waals surface area (Å²) in [6.07, 6.45) is 0.714. The Morgan fingerprint density at radius 1 is 1.07 bits per heavy atom. The average molecular weight is 449 g/mol. The van der Waals surface area contributed by atoms with Gasteiger partial charge in [0.15, 0.2) is 0 Å². The first-order valence-corrected chi connectivity index (χ1v) is 10.2. The van der Waals surface area contributed by atoms with Crippen molar-refractivity contribution in [1.82, 2.24) is 10.6 Å². The third kappa shape index (κ3) is 7.17. The van der Waals surface area contributed by atoms with Crippen LogP contribution in [0.3, 0.4) is 0 Å². The molecular formula is C22H29BrN2O3. The van der Waals surface area contributed by atoms with Crippen molar-refractivity contribution in [1.29, 1.82) is 0 Å². The number of carbonyl (C=O) groups is 1. The minimum Gasteiger partial charge on any atom is -0.492 e. The number of benzene rings is 2. The Morgan fingerprint density at radius 3 is 2.36 bits per heavy atom. The molecular weight excluding hydrogens is 420 g/mol. The number of aliphatic hydroxyl groups is 1. The largest absolute Gasteiger partial charge is 0.492 e. The number of rotatable bonds is 8. The molecule has 0 radical (unpaired) electrons. The zero-order valence-electron chi connectivity index (χ0n) is 16.7. The summed E-state index contributed by atoms with van der Waals surface area (Å²) in [6.45, 7) is 8.06. The van der Waals surface area contributed by atoms with Crippen LogP contribution in [0.1, 0.15) is 43.9 Å². The van der Waals surface area contributed by atoms with Crippen molar-refractivity contribution < 1.29 is 14.6 Å². The molecule has 2 aromatic rings. The van der Waals surface area contributed by atoms with Crippen LogP contribution >= 0.6 is 15.9 Å². The molecule has 2 aromatic carbocycles. The molecule has 3 N–H and O–H groups in total. The summed E-state index contributed by atoms with van der Waals surface area (Å²) >= 11 is 3.57. The van der Waals surface area contributed by atoms with E-state index in [0.29, 0.717) is 26.1 Å². The lowest BCUT2D eigenvalue weighted by atomic mass is 9.87. The predicted molar refractivity (Wildman–Crippen MR) is 116 cm³/mol. The van der Waals surface area contributed by atoms with Gasteiger partial charge in [0.05, 0.1) is 17.7 Å². The fourth-order valence-electron chi connectivity index (χ4n) is 2.55. The van der Waals surface area contributed by atoms with E-state index in [4.69, 9.17) is 9.84 Å². The van der Waals surface area contributed by atoms with Crippen LogP contribution in [0.2, 0.25) is 0 Å². The third-order valence-corrected chi connectivity index (χ3v) is 4.94. The minimum atomic E-state index is -0.207. The van der Waals surface area contributed by atoms with E-state index in [1.54, 1.807) is 0 Å². The molecule has 0 bridgehead atoms. The van der Waals surface area contributed by atoms with Crippen LogP contribution in [0.15, 0.2) is 46.9 Å². The normalized spacial score (nSPS) is 11.2. The van der Waals surface area contributed by atoms with Crippen molar-refractivity contribution in [3.63, 3.8) is 0 Å². The molecule has 0 spiro atoms. The molecule has 2 amide bonds. The molecule has 0 unspecified atom stereocenters. The highest BCUT2D eigenvalue weighted by atomic mass is 79.9.